The van der Waals surface area contributed by atoms with Gasteiger partial charge in [-0.3, -0.25) is 14.9 Å². The van der Waals surface area contributed by atoms with Crippen LogP contribution in [0.15, 0.2) is 23.4 Å². The van der Waals surface area contributed by atoms with E-state index >= 15 is 0 Å². The largest absolute Gasteiger partial charge is 0.609 e. The molecule has 1 unspecified atom stereocenters. The summed E-state index contributed by atoms with van der Waals surface area (Å²) in [7, 11) is 0. The Morgan fingerprint density at radius 1 is 1.32 bits per heavy atom. The fraction of sp³-hybridized carbons (Fsp3) is 0.235. The molecule has 2 aromatic rings. The maximum atomic E-state index is 11.9. The number of ether oxygens (including phenoxy) is 3. The van der Waals surface area contributed by atoms with Crippen LogP contribution in [0, 0.1) is 21.4 Å². The minimum absolute atomic E-state index is 0.0533. The van der Waals surface area contributed by atoms with Gasteiger partial charge in [-0.1, -0.05) is 0 Å². The summed E-state index contributed by atoms with van der Waals surface area (Å²) in [6, 6.07) is 5.43. The number of nitriles is 1. The summed E-state index contributed by atoms with van der Waals surface area (Å²) in [5, 5.41) is 20.3. The van der Waals surface area contributed by atoms with Gasteiger partial charge in [-0.25, -0.2) is 4.79 Å². The van der Waals surface area contributed by atoms with Crippen LogP contribution in [-0.4, -0.2) is 50.8 Å². The molecule has 0 radical (unpaired) electrons. The van der Waals surface area contributed by atoms with Crippen molar-refractivity contribution in [2.75, 3.05) is 19.5 Å². The fourth-order valence-electron chi connectivity index (χ4n) is 2.17. The molecule has 0 aliphatic rings. The summed E-state index contributed by atoms with van der Waals surface area (Å²) in [4.78, 5) is 41.4. The highest BCUT2D eigenvalue weighted by Gasteiger charge is 2.32. The topological polar surface area (TPSA) is 204 Å². The number of nitrogens with two attached hydrogens (primary N) is 1. The van der Waals surface area contributed by atoms with E-state index in [1.54, 1.807) is 6.92 Å². The highest BCUT2D eigenvalue weighted by Crippen LogP contribution is 2.38. The molecule has 13 nitrogen and oxygen atoms in total. The van der Waals surface area contributed by atoms with Crippen LogP contribution in [0.2, 0.25) is 0 Å². The Morgan fingerprint density at radius 3 is 2.55 bits per heavy atom. The molecule has 1 aromatic carbocycles. The van der Waals surface area contributed by atoms with Gasteiger partial charge in [0.25, 0.3) is 5.91 Å². The van der Waals surface area contributed by atoms with Crippen molar-refractivity contribution < 1.29 is 33.3 Å². The van der Waals surface area contributed by atoms with Crippen LogP contribution in [0.4, 0.5) is 5.69 Å². The average Bonchev–Trinajstić information content (AvgIpc) is 2.71. The molecule has 14 heteroatoms. The molecule has 0 spiro atoms. The van der Waals surface area contributed by atoms with Crippen molar-refractivity contribution in [1.29, 1.82) is 5.26 Å². The van der Waals surface area contributed by atoms with E-state index in [4.69, 9.17) is 20.5 Å². The number of rotatable bonds is 9. The van der Waals surface area contributed by atoms with E-state index in [0.29, 0.717) is 0 Å². The first-order chi connectivity index (χ1) is 14.7. The van der Waals surface area contributed by atoms with Gasteiger partial charge in [-0.15, -0.1) is 9.97 Å². The Balaban J connectivity index is 2.61. The number of nitro groups is 1. The third kappa shape index (κ3) is 5.78. The van der Waals surface area contributed by atoms with Crippen LogP contribution in [0.3, 0.4) is 0 Å². The van der Waals surface area contributed by atoms with Gasteiger partial charge in [-0.2, -0.15) is 5.26 Å². The zero-order chi connectivity index (χ0) is 23.1. The number of hydrogen-bond donors (Lipinski definition) is 1. The maximum absolute atomic E-state index is 11.9. The SMILES string of the molecule is CCOC(=O)COc1nc([S+](C)[O-])nc(Oc2cc(C#N)ccc2C(N)=O)c1[N+](=O)[O-]. The molecule has 31 heavy (non-hydrogen) atoms. The molecular formula is C17H15N5O8S. The second-order valence-corrected chi connectivity index (χ2v) is 6.83. The lowest BCUT2D eigenvalue weighted by molar-refractivity contribution is -0.387. The third-order valence-corrected chi connectivity index (χ3v) is 4.15. The quantitative estimate of drug-likeness (QED) is 0.186. The molecule has 2 rings (SSSR count). The lowest BCUT2D eigenvalue weighted by Crippen LogP contribution is -2.17. The van der Waals surface area contributed by atoms with Gasteiger partial charge >= 0.3 is 28.6 Å². The van der Waals surface area contributed by atoms with Gasteiger partial charge in [0, 0.05) is 11.2 Å². The first-order valence-corrected chi connectivity index (χ1v) is 9.93. The smallest absolute Gasteiger partial charge is 0.393 e. The van der Waals surface area contributed by atoms with E-state index < -0.39 is 57.2 Å². The average molecular weight is 449 g/mol. The number of nitrogens with zero attached hydrogens (tertiary/aromatic N) is 4. The first-order valence-electron chi connectivity index (χ1n) is 8.38. The Bertz CT molecular complexity index is 1070. The van der Waals surface area contributed by atoms with Crippen LogP contribution in [0.25, 0.3) is 0 Å². The summed E-state index contributed by atoms with van der Waals surface area (Å²) in [5.41, 5.74) is 4.25. The van der Waals surface area contributed by atoms with Crippen molar-refractivity contribution in [1.82, 2.24) is 9.97 Å². The lowest BCUT2D eigenvalue weighted by Gasteiger charge is -2.12. The van der Waals surface area contributed by atoms with E-state index in [0.717, 1.165) is 6.07 Å². The van der Waals surface area contributed by atoms with Crippen molar-refractivity contribution in [3.8, 4) is 23.6 Å². The van der Waals surface area contributed by atoms with Gasteiger partial charge < -0.3 is 24.5 Å². The molecule has 1 atom stereocenters. The Labute approximate surface area is 178 Å². The number of primary amides is 1. The molecule has 0 aliphatic heterocycles. The zero-order valence-corrected chi connectivity index (χ0v) is 17.0. The molecule has 0 aliphatic carbocycles. The van der Waals surface area contributed by atoms with Gasteiger partial charge in [0.15, 0.2) is 6.61 Å². The molecule has 162 valence electrons. The number of benzene rings is 1. The van der Waals surface area contributed by atoms with Crippen molar-refractivity contribution in [3.05, 3.63) is 39.4 Å². The Hall–Kier alpha value is -3.96. The maximum Gasteiger partial charge on any atom is 0.393 e. The molecule has 0 bridgehead atoms. The van der Waals surface area contributed by atoms with Gasteiger partial charge in [-0.05, 0) is 25.1 Å². The fourth-order valence-corrected chi connectivity index (χ4v) is 2.59. The molecule has 1 aromatic heterocycles. The highest BCUT2D eigenvalue weighted by atomic mass is 32.2. The molecule has 1 heterocycles. The van der Waals surface area contributed by atoms with Crippen molar-refractivity contribution in [3.63, 3.8) is 0 Å². The van der Waals surface area contributed by atoms with Crippen molar-refractivity contribution in [2.24, 2.45) is 5.73 Å². The van der Waals surface area contributed by atoms with E-state index in [-0.39, 0.29) is 23.5 Å². The van der Waals surface area contributed by atoms with Gasteiger partial charge in [0.2, 0.25) is 0 Å². The van der Waals surface area contributed by atoms with Crippen LogP contribution >= 0.6 is 0 Å². The molecule has 0 saturated heterocycles. The summed E-state index contributed by atoms with van der Waals surface area (Å²) >= 11 is -1.83. The lowest BCUT2D eigenvalue weighted by atomic mass is 10.1. The highest BCUT2D eigenvalue weighted by molar-refractivity contribution is 7.90. The summed E-state index contributed by atoms with van der Waals surface area (Å²) < 4.78 is 27.1. The minimum atomic E-state index is -1.83. The van der Waals surface area contributed by atoms with E-state index in [1.807, 2.05) is 6.07 Å². The summed E-state index contributed by atoms with van der Waals surface area (Å²) in [6.45, 7) is 0.885. The number of carbonyl (C=O) groups excluding carboxylic acids is 2. The normalized spacial score (nSPS) is 11.2. The molecular weight excluding hydrogens is 434 g/mol. The predicted octanol–water partition coefficient (Wildman–Crippen LogP) is 0.827. The number of hydrogen-bond acceptors (Lipinski definition) is 11. The van der Waals surface area contributed by atoms with Crippen LogP contribution in [0.1, 0.15) is 22.8 Å². The van der Waals surface area contributed by atoms with Crippen molar-refractivity contribution in [2.45, 2.75) is 12.1 Å². The molecule has 1 amide bonds. The third-order valence-electron chi connectivity index (χ3n) is 3.45. The van der Waals surface area contributed by atoms with Gasteiger partial charge in [0.1, 0.15) is 12.0 Å². The van der Waals surface area contributed by atoms with Crippen molar-refractivity contribution >= 4 is 28.7 Å². The number of aromatic nitrogens is 2. The van der Waals surface area contributed by atoms with E-state index in [9.17, 15) is 24.3 Å². The van der Waals surface area contributed by atoms with E-state index in [1.165, 1.54) is 18.4 Å². The van der Waals surface area contributed by atoms with Crippen LogP contribution < -0.4 is 15.2 Å². The summed E-state index contributed by atoms with van der Waals surface area (Å²) in [6.07, 6.45) is 1.20. The van der Waals surface area contributed by atoms with Gasteiger partial charge in [0.05, 0.1) is 28.7 Å². The Morgan fingerprint density at radius 2 is 2.00 bits per heavy atom. The first kappa shape index (κ1) is 23.3. The molecule has 2 N–H and O–H groups in total. The standard InChI is InChI=1S/C17H15N5O8S/c1-3-28-12(23)8-29-15-13(22(25)26)16(21-17(20-15)31(2)27)30-11-6-9(7-18)4-5-10(11)14(19)24/h4-6H,3,8H2,1-2H3,(H2,19,24). The minimum Gasteiger partial charge on any atom is -0.609 e. The van der Waals surface area contributed by atoms with Crippen LogP contribution in [0.5, 0.6) is 17.5 Å². The number of carbonyl (C=O) groups is 2. The second-order valence-electron chi connectivity index (χ2n) is 5.56. The zero-order valence-electron chi connectivity index (χ0n) is 16.2. The second kappa shape index (κ2) is 10.2. The Kier molecular flexibility index (Phi) is 7.66. The predicted molar refractivity (Wildman–Crippen MR) is 103 cm³/mol. The number of esters is 1. The molecule has 0 fully saturated rings. The number of amides is 1. The monoisotopic (exact) mass is 449 g/mol. The van der Waals surface area contributed by atoms with Crippen LogP contribution in [-0.2, 0) is 20.7 Å². The molecule has 0 saturated carbocycles. The summed E-state index contributed by atoms with van der Waals surface area (Å²) in [5.74, 6) is -3.51. The van der Waals surface area contributed by atoms with E-state index in [2.05, 4.69) is 14.7 Å².